The normalized spacial score (nSPS) is 16.1. The van der Waals surface area contributed by atoms with Crippen molar-refractivity contribution in [3.8, 4) is 0 Å². The van der Waals surface area contributed by atoms with Crippen LogP contribution in [0.25, 0.3) is 0 Å². The van der Waals surface area contributed by atoms with Crippen molar-refractivity contribution in [3.63, 3.8) is 0 Å². The molecule has 1 fully saturated rings. The second kappa shape index (κ2) is 10.4. The largest absolute Gasteiger partial charge is 0.381 e. The molecule has 0 spiro atoms. The maximum absolute atomic E-state index is 13.5. The lowest BCUT2D eigenvalue weighted by molar-refractivity contribution is 0.123. The molecule has 1 aromatic carbocycles. The monoisotopic (exact) mass is 350 g/mol. The fourth-order valence-corrected chi connectivity index (χ4v) is 2.64. The highest BCUT2D eigenvalue weighted by atomic mass is 19.1. The van der Waals surface area contributed by atoms with Crippen molar-refractivity contribution in [1.82, 2.24) is 15.5 Å². The van der Waals surface area contributed by atoms with Crippen LogP contribution >= 0.6 is 0 Å². The van der Waals surface area contributed by atoms with Crippen molar-refractivity contribution in [2.75, 3.05) is 47.4 Å². The molecule has 1 saturated carbocycles. The van der Waals surface area contributed by atoms with Crippen molar-refractivity contribution < 1.29 is 9.13 Å². The zero-order valence-electron chi connectivity index (χ0n) is 15.6. The summed E-state index contributed by atoms with van der Waals surface area (Å²) < 4.78 is 19.1. The highest BCUT2D eigenvalue weighted by Gasteiger charge is 2.20. The second-order valence-electron chi connectivity index (χ2n) is 6.79. The molecular weight excluding hydrogens is 319 g/mol. The van der Waals surface area contributed by atoms with Crippen molar-refractivity contribution in [2.45, 2.75) is 25.3 Å². The van der Waals surface area contributed by atoms with Crippen LogP contribution in [0.5, 0.6) is 0 Å². The number of nitrogens with one attached hydrogen (secondary N) is 2. The van der Waals surface area contributed by atoms with Gasteiger partial charge in [0.15, 0.2) is 5.96 Å². The number of hydrogen-bond donors (Lipinski definition) is 2. The van der Waals surface area contributed by atoms with Crippen LogP contribution < -0.4 is 10.6 Å². The van der Waals surface area contributed by atoms with E-state index in [1.165, 1.54) is 18.9 Å². The van der Waals surface area contributed by atoms with Gasteiger partial charge in [-0.1, -0.05) is 12.1 Å². The topological polar surface area (TPSA) is 48.9 Å². The Labute approximate surface area is 150 Å². The van der Waals surface area contributed by atoms with E-state index < -0.39 is 0 Å². The van der Waals surface area contributed by atoms with Crippen LogP contribution in [-0.2, 0) is 4.74 Å². The molecule has 1 aliphatic rings. The highest BCUT2D eigenvalue weighted by molar-refractivity contribution is 5.79. The number of ether oxygens (including phenoxy) is 1. The summed E-state index contributed by atoms with van der Waals surface area (Å²) in [5.41, 5.74) is 0.946. The molecule has 0 radical (unpaired) electrons. The predicted octanol–water partition coefficient (Wildman–Crippen LogP) is 2.41. The van der Waals surface area contributed by atoms with Crippen molar-refractivity contribution >= 4 is 5.96 Å². The van der Waals surface area contributed by atoms with E-state index >= 15 is 0 Å². The maximum atomic E-state index is 13.5. The molecule has 140 valence electrons. The molecule has 1 atom stereocenters. The molecule has 2 rings (SSSR count). The summed E-state index contributed by atoms with van der Waals surface area (Å²) in [7, 11) is 5.74. The Morgan fingerprint density at radius 1 is 1.36 bits per heavy atom. The van der Waals surface area contributed by atoms with E-state index in [2.05, 4.69) is 20.5 Å². The Morgan fingerprint density at radius 3 is 2.80 bits per heavy atom. The number of likely N-dealkylation sites (N-methyl/N-ethyl adjacent to an activating group) is 1. The number of guanidine groups is 1. The molecule has 25 heavy (non-hydrogen) atoms. The summed E-state index contributed by atoms with van der Waals surface area (Å²) >= 11 is 0. The van der Waals surface area contributed by atoms with Gasteiger partial charge < -0.3 is 20.3 Å². The van der Waals surface area contributed by atoms with Crippen LogP contribution in [0, 0.1) is 11.7 Å². The Morgan fingerprint density at radius 2 is 2.16 bits per heavy atom. The average molecular weight is 350 g/mol. The zero-order valence-corrected chi connectivity index (χ0v) is 15.6. The molecule has 5 nitrogen and oxygen atoms in total. The molecule has 1 unspecified atom stereocenters. The first-order chi connectivity index (χ1) is 12.1. The number of aliphatic imine (C=N–C) groups is 1. The number of rotatable bonds is 10. The Bertz CT molecular complexity index is 546. The van der Waals surface area contributed by atoms with Crippen LogP contribution in [0.15, 0.2) is 29.3 Å². The number of halogens is 1. The van der Waals surface area contributed by atoms with Gasteiger partial charge in [-0.3, -0.25) is 4.99 Å². The van der Waals surface area contributed by atoms with E-state index in [0.717, 1.165) is 43.6 Å². The van der Waals surface area contributed by atoms with E-state index in [9.17, 15) is 4.39 Å². The van der Waals surface area contributed by atoms with E-state index in [1.54, 1.807) is 19.2 Å². The van der Waals surface area contributed by atoms with Gasteiger partial charge >= 0.3 is 0 Å². The lowest BCUT2D eigenvalue weighted by Gasteiger charge is -2.26. The molecule has 0 aromatic heterocycles. The van der Waals surface area contributed by atoms with Gasteiger partial charge in [0.05, 0.1) is 6.04 Å². The molecule has 0 heterocycles. The van der Waals surface area contributed by atoms with Gasteiger partial charge in [0.25, 0.3) is 0 Å². The van der Waals surface area contributed by atoms with Gasteiger partial charge in [-0.05, 0) is 57.0 Å². The molecule has 0 bridgehead atoms. The van der Waals surface area contributed by atoms with Gasteiger partial charge in [-0.15, -0.1) is 0 Å². The van der Waals surface area contributed by atoms with Gasteiger partial charge in [0.2, 0.25) is 0 Å². The smallest absolute Gasteiger partial charge is 0.191 e. The summed E-state index contributed by atoms with van der Waals surface area (Å²) in [5, 5.41) is 6.62. The fraction of sp³-hybridized carbons (Fsp3) is 0.632. The molecule has 0 aliphatic heterocycles. The minimum absolute atomic E-state index is 0.0659. The third-order valence-corrected chi connectivity index (χ3v) is 4.35. The molecule has 0 saturated heterocycles. The summed E-state index contributed by atoms with van der Waals surface area (Å²) in [6.07, 6.45) is 3.61. The first-order valence-electron chi connectivity index (χ1n) is 9.04. The first-order valence-corrected chi connectivity index (χ1v) is 9.04. The zero-order chi connectivity index (χ0) is 18.1. The summed E-state index contributed by atoms with van der Waals surface area (Å²) in [4.78, 5) is 6.32. The standard InChI is InChI=1S/C19H31FN4O/c1-21-19(22-10-5-11-25-14-15-8-9-15)23-13-18(24(2)3)16-6-4-7-17(20)12-16/h4,6-7,12,15,18H,5,8-11,13-14H2,1-3H3,(H2,21,22,23). The highest BCUT2D eigenvalue weighted by Crippen LogP contribution is 2.28. The number of hydrogen-bond acceptors (Lipinski definition) is 3. The van der Waals surface area contributed by atoms with Crippen LogP contribution in [0.4, 0.5) is 4.39 Å². The lowest BCUT2D eigenvalue weighted by atomic mass is 10.1. The molecule has 0 amide bonds. The second-order valence-corrected chi connectivity index (χ2v) is 6.79. The Kier molecular flexibility index (Phi) is 8.15. The predicted molar refractivity (Wildman–Crippen MR) is 100 cm³/mol. The van der Waals surface area contributed by atoms with Crippen LogP contribution in [0.1, 0.15) is 30.9 Å². The summed E-state index contributed by atoms with van der Waals surface area (Å²) in [5.74, 6) is 1.36. The Hall–Kier alpha value is -1.66. The third kappa shape index (κ3) is 7.40. The lowest BCUT2D eigenvalue weighted by Crippen LogP contribution is -2.42. The van der Waals surface area contributed by atoms with Crippen LogP contribution in [0.3, 0.4) is 0 Å². The molecule has 6 heteroatoms. The molecule has 1 aliphatic carbocycles. The number of benzene rings is 1. The van der Waals surface area contributed by atoms with E-state index in [0.29, 0.717) is 6.54 Å². The van der Waals surface area contributed by atoms with E-state index in [4.69, 9.17) is 4.74 Å². The van der Waals surface area contributed by atoms with Crippen LogP contribution in [0.2, 0.25) is 0 Å². The van der Waals surface area contributed by atoms with Gasteiger partial charge in [0, 0.05) is 33.4 Å². The number of nitrogens with zero attached hydrogens (tertiary/aromatic N) is 2. The van der Waals surface area contributed by atoms with Crippen molar-refractivity contribution in [1.29, 1.82) is 0 Å². The van der Waals surface area contributed by atoms with E-state index in [-0.39, 0.29) is 11.9 Å². The SMILES string of the molecule is CN=C(NCCCOCC1CC1)NCC(c1cccc(F)c1)N(C)C. The molecular formula is C19H31FN4O. The van der Waals surface area contributed by atoms with Crippen molar-refractivity contribution in [3.05, 3.63) is 35.6 Å². The average Bonchev–Trinajstić information content (AvgIpc) is 3.40. The first kappa shape index (κ1) is 19.7. The van der Waals surface area contributed by atoms with Gasteiger partial charge in [-0.25, -0.2) is 4.39 Å². The van der Waals surface area contributed by atoms with Gasteiger partial charge in [-0.2, -0.15) is 0 Å². The third-order valence-electron chi connectivity index (χ3n) is 4.35. The quantitative estimate of drug-likeness (QED) is 0.387. The van der Waals surface area contributed by atoms with Crippen molar-refractivity contribution in [2.24, 2.45) is 10.9 Å². The maximum Gasteiger partial charge on any atom is 0.191 e. The van der Waals surface area contributed by atoms with Crippen LogP contribution in [-0.4, -0.2) is 58.3 Å². The minimum atomic E-state index is -0.210. The minimum Gasteiger partial charge on any atom is -0.381 e. The van der Waals surface area contributed by atoms with Gasteiger partial charge in [0.1, 0.15) is 5.82 Å². The Balaban J connectivity index is 1.71. The summed E-state index contributed by atoms with van der Waals surface area (Å²) in [6.45, 7) is 3.15. The fourth-order valence-electron chi connectivity index (χ4n) is 2.64. The summed E-state index contributed by atoms with van der Waals surface area (Å²) in [6, 6.07) is 6.81. The van der Waals surface area contributed by atoms with E-state index in [1.807, 2.05) is 20.2 Å². The molecule has 2 N–H and O–H groups in total. The molecule has 1 aromatic rings.